The molecule has 0 aliphatic heterocycles. The molecule has 6 heteroatoms. The lowest BCUT2D eigenvalue weighted by molar-refractivity contribution is -0.132. The standard InChI is InChI=1S/C18H20N2O4/c1-23-15-9-12(10-16(24-2)17(15)19)8-13(18(21)22)11-20-14-6-4-3-5-7-14/h3-7,9-11,20H,8,19H2,1-2H3,(H,21,22). The average Bonchev–Trinajstić information content (AvgIpc) is 2.60. The molecule has 0 saturated heterocycles. The van der Waals surface area contributed by atoms with E-state index in [9.17, 15) is 9.90 Å². The molecule has 0 fully saturated rings. The molecule has 2 rings (SSSR count). The first kappa shape index (κ1) is 17.2. The third-order valence-corrected chi connectivity index (χ3v) is 3.46. The van der Waals surface area contributed by atoms with Gasteiger partial charge in [0.05, 0.1) is 19.8 Å². The zero-order valence-electron chi connectivity index (χ0n) is 13.6. The number of methoxy groups -OCH3 is 2. The highest BCUT2D eigenvalue weighted by Crippen LogP contribution is 2.33. The predicted octanol–water partition coefficient (Wildman–Crippen LogP) is 2.91. The number of carboxylic acid groups (broad SMARTS) is 1. The van der Waals surface area contributed by atoms with Crippen LogP contribution in [0.15, 0.2) is 54.2 Å². The number of hydrogen-bond donors (Lipinski definition) is 3. The summed E-state index contributed by atoms with van der Waals surface area (Å²) >= 11 is 0. The van der Waals surface area contributed by atoms with E-state index < -0.39 is 5.97 Å². The molecule has 0 heterocycles. The van der Waals surface area contributed by atoms with Crippen LogP contribution in [0.25, 0.3) is 0 Å². The highest BCUT2D eigenvalue weighted by Gasteiger charge is 2.13. The van der Waals surface area contributed by atoms with Crippen LogP contribution in [0.5, 0.6) is 11.5 Å². The summed E-state index contributed by atoms with van der Waals surface area (Å²) in [7, 11) is 3.00. The molecule has 24 heavy (non-hydrogen) atoms. The van der Waals surface area contributed by atoms with Crippen molar-refractivity contribution in [1.29, 1.82) is 0 Å². The fourth-order valence-electron chi connectivity index (χ4n) is 2.21. The van der Waals surface area contributed by atoms with Gasteiger partial charge in [-0.05, 0) is 29.8 Å². The lowest BCUT2D eigenvalue weighted by atomic mass is 10.0. The van der Waals surface area contributed by atoms with E-state index in [1.807, 2.05) is 30.3 Å². The maximum atomic E-state index is 11.5. The molecule has 4 N–H and O–H groups in total. The van der Waals surface area contributed by atoms with Crippen LogP contribution in [0.4, 0.5) is 11.4 Å². The molecule has 0 atom stereocenters. The minimum absolute atomic E-state index is 0.197. The molecule has 0 bridgehead atoms. The Labute approximate surface area is 140 Å². The number of nitrogen functional groups attached to an aromatic ring is 1. The van der Waals surface area contributed by atoms with E-state index in [1.54, 1.807) is 12.1 Å². The van der Waals surface area contributed by atoms with E-state index in [2.05, 4.69) is 5.32 Å². The van der Waals surface area contributed by atoms with E-state index in [1.165, 1.54) is 20.4 Å². The zero-order valence-corrected chi connectivity index (χ0v) is 13.6. The predicted molar refractivity (Wildman–Crippen MR) is 93.4 cm³/mol. The molecule has 0 unspecified atom stereocenters. The van der Waals surface area contributed by atoms with Gasteiger partial charge in [0.25, 0.3) is 0 Å². The van der Waals surface area contributed by atoms with Gasteiger partial charge in [-0.2, -0.15) is 0 Å². The maximum Gasteiger partial charge on any atom is 0.333 e. The van der Waals surface area contributed by atoms with E-state index in [-0.39, 0.29) is 12.0 Å². The van der Waals surface area contributed by atoms with Crippen LogP contribution < -0.4 is 20.5 Å². The summed E-state index contributed by atoms with van der Waals surface area (Å²) in [6, 6.07) is 12.7. The first-order valence-electron chi connectivity index (χ1n) is 7.29. The molecule has 0 amide bonds. The lowest BCUT2D eigenvalue weighted by Gasteiger charge is -2.12. The summed E-state index contributed by atoms with van der Waals surface area (Å²) in [5.74, 6) is -0.108. The number of aliphatic carboxylic acids is 1. The lowest BCUT2D eigenvalue weighted by Crippen LogP contribution is -2.07. The van der Waals surface area contributed by atoms with Crippen molar-refractivity contribution >= 4 is 17.3 Å². The Morgan fingerprint density at radius 2 is 1.75 bits per heavy atom. The van der Waals surface area contributed by atoms with Crippen LogP contribution in [0.2, 0.25) is 0 Å². The molecule has 0 aliphatic carbocycles. The Hall–Kier alpha value is -3.15. The van der Waals surface area contributed by atoms with Crippen LogP contribution in [0.3, 0.4) is 0 Å². The summed E-state index contributed by atoms with van der Waals surface area (Å²) in [6.07, 6.45) is 1.68. The quantitative estimate of drug-likeness (QED) is 0.534. The summed E-state index contributed by atoms with van der Waals surface area (Å²) < 4.78 is 10.4. The molecule has 0 radical (unpaired) electrons. The molecule has 0 spiro atoms. The second-order valence-electron chi connectivity index (χ2n) is 5.08. The van der Waals surface area contributed by atoms with Crippen LogP contribution in [0.1, 0.15) is 5.56 Å². The summed E-state index contributed by atoms with van der Waals surface area (Å²) in [5, 5.41) is 12.4. The van der Waals surface area contributed by atoms with Gasteiger partial charge in [-0.25, -0.2) is 4.79 Å². The Bertz CT molecular complexity index is 717. The topological polar surface area (TPSA) is 93.8 Å². The summed E-state index contributed by atoms with van der Waals surface area (Å²) in [4.78, 5) is 11.5. The molecule has 6 nitrogen and oxygen atoms in total. The fraction of sp³-hybridized carbons (Fsp3) is 0.167. The third-order valence-electron chi connectivity index (χ3n) is 3.46. The minimum atomic E-state index is -1.01. The van der Waals surface area contributed by atoms with Crippen LogP contribution in [-0.4, -0.2) is 25.3 Å². The number of carboxylic acids is 1. The monoisotopic (exact) mass is 328 g/mol. The van der Waals surface area contributed by atoms with E-state index >= 15 is 0 Å². The number of rotatable bonds is 7. The Morgan fingerprint density at radius 3 is 2.25 bits per heavy atom. The van der Waals surface area contributed by atoms with Crippen LogP contribution in [-0.2, 0) is 11.2 Å². The second-order valence-corrected chi connectivity index (χ2v) is 5.08. The molecule has 0 aliphatic rings. The van der Waals surface area contributed by atoms with Crippen molar-refractivity contribution in [3.63, 3.8) is 0 Å². The number of anilines is 2. The number of nitrogens with one attached hydrogen (secondary N) is 1. The first-order chi connectivity index (χ1) is 11.5. The highest BCUT2D eigenvalue weighted by molar-refractivity contribution is 5.87. The molecule has 2 aromatic carbocycles. The van der Waals surface area contributed by atoms with Crippen molar-refractivity contribution in [3.05, 3.63) is 59.8 Å². The van der Waals surface area contributed by atoms with Crippen molar-refractivity contribution < 1.29 is 19.4 Å². The summed E-state index contributed by atoms with van der Waals surface area (Å²) in [5.41, 5.74) is 8.02. The molecule has 0 aromatic heterocycles. The van der Waals surface area contributed by atoms with Gasteiger partial charge < -0.3 is 25.6 Å². The van der Waals surface area contributed by atoms with Gasteiger partial charge >= 0.3 is 5.97 Å². The van der Waals surface area contributed by atoms with Gasteiger partial charge in [0, 0.05) is 18.3 Å². The Balaban J connectivity index is 2.26. The van der Waals surface area contributed by atoms with Crippen molar-refractivity contribution in [2.75, 3.05) is 25.3 Å². The minimum Gasteiger partial charge on any atom is -0.494 e. The Kier molecular flexibility index (Phi) is 5.68. The van der Waals surface area contributed by atoms with Gasteiger partial charge in [-0.1, -0.05) is 18.2 Å². The molecule has 0 saturated carbocycles. The number of para-hydroxylation sites is 1. The molecular formula is C18H20N2O4. The number of benzene rings is 2. The van der Waals surface area contributed by atoms with Crippen LogP contribution in [0, 0.1) is 0 Å². The van der Waals surface area contributed by atoms with Crippen molar-refractivity contribution in [2.24, 2.45) is 0 Å². The normalized spacial score (nSPS) is 11.0. The third kappa shape index (κ3) is 4.19. The van der Waals surface area contributed by atoms with Gasteiger partial charge in [0.1, 0.15) is 17.2 Å². The number of nitrogens with two attached hydrogens (primary N) is 1. The fourth-order valence-corrected chi connectivity index (χ4v) is 2.21. The van der Waals surface area contributed by atoms with Crippen LogP contribution >= 0.6 is 0 Å². The Morgan fingerprint density at radius 1 is 1.17 bits per heavy atom. The zero-order chi connectivity index (χ0) is 17.5. The number of carbonyl (C=O) groups is 1. The van der Waals surface area contributed by atoms with Gasteiger partial charge in [-0.15, -0.1) is 0 Å². The van der Waals surface area contributed by atoms with E-state index in [0.717, 1.165) is 11.3 Å². The van der Waals surface area contributed by atoms with Gasteiger partial charge in [-0.3, -0.25) is 0 Å². The van der Waals surface area contributed by atoms with Crippen molar-refractivity contribution in [3.8, 4) is 11.5 Å². The largest absolute Gasteiger partial charge is 0.494 e. The van der Waals surface area contributed by atoms with E-state index in [0.29, 0.717) is 17.2 Å². The molecular weight excluding hydrogens is 308 g/mol. The highest BCUT2D eigenvalue weighted by atomic mass is 16.5. The molecule has 126 valence electrons. The maximum absolute atomic E-state index is 11.5. The van der Waals surface area contributed by atoms with Gasteiger partial charge in [0.2, 0.25) is 0 Å². The number of hydrogen-bond acceptors (Lipinski definition) is 5. The number of ether oxygens (including phenoxy) is 2. The summed E-state index contributed by atoms with van der Waals surface area (Å²) in [6.45, 7) is 0. The average molecular weight is 328 g/mol. The van der Waals surface area contributed by atoms with Crippen molar-refractivity contribution in [1.82, 2.24) is 0 Å². The van der Waals surface area contributed by atoms with E-state index in [4.69, 9.17) is 15.2 Å². The SMILES string of the molecule is COc1cc(CC(=CNc2ccccc2)C(=O)O)cc(OC)c1N. The molecule has 2 aromatic rings. The second kappa shape index (κ2) is 7.92. The van der Waals surface area contributed by atoms with Crippen molar-refractivity contribution in [2.45, 2.75) is 6.42 Å². The first-order valence-corrected chi connectivity index (χ1v) is 7.29. The smallest absolute Gasteiger partial charge is 0.333 e. The van der Waals surface area contributed by atoms with Gasteiger partial charge in [0.15, 0.2) is 0 Å².